The van der Waals surface area contributed by atoms with E-state index in [4.69, 9.17) is 23.2 Å². The van der Waals surface area contributed by atoms with Gasteiger partial charge in [0.25, 0.3) is 0 Å². The first-order valence-electron chi connectivity index (χ1n) is 6.37. The van der Waals surface area contributed by atoms with Crippen molar-refractivity contribution in [1.82, 2.24) is 9.80 Å². The average molecular weight is 277 g/mol. The molecule has 0 N–H and O–H groups in total. The molecule has 2 heterocycles. The normalized spacial score (nSPS) is 40.2. The van der Waals surface area contributed by atoms with E-state index in [1.54, 1.807) is 0 Å². The molecular weight excluding hydrogens is 259 g/mol. The summed E-state index contributed by atoms with van der Waals surface area (Å²) in [5, 5.41) is 0. The summed E-state index contributed by atoms with van der Waals surface area (Å²) in [7, 11) is 2.18. The van der Waals surface area contributed by atoms with Crippen LogP contribution in [0.25, 0.3) is 0 Å². The average Bonchev–Trinajstić information content (AvgIpc) is 2.78. The second-order valence-electron chi connectivity index (χ2n) is 5.64. The highest BCUT2D eigenvalue weighted by Crippen LogP contribution is 2.54. The second-order valence-corrected chi connectivity index (χ2v) is 7.18. The van der Waals surface area contributed by atoms with Crippen molar-refractivity contribution in [3.8, 4) is 0 Å². The van der Waals surface area contributed by atoms with Gasteiger partial charge in [0, 0.05) is 25.2 Å². The number of nitrogens with zero attached hydrogens (tertiary/aromatic N) is 2. The van der Waals surface area contributed by atoms with Crippen molar-refractivity contribution in [2.24, 2.45) is 5.92 Å². The molecule has 1 saturated carbocycles. The van der Waals surface area contributed by atoms with Crippen molar-refractivity contribution in [3.63, 3.8) is 0 Å². The van der Waals surface area contributed by atoms with Gasteiger partial charge in [0.05, 0.1) is 5.92 Å². The Morgan fingerprint density at radius 3 is 2.53 bits per heavy atom. The van der Waals surface area contributed by atoms with Crippen molar-refractivity contribution >= 4 is 29.1 Å². The lowest BCUT2D eigenvalue weighted by Gasteiger charge is -2.26. The molecule has 1 amide bonds. The summed E-state index contributed by atoms with van der Waals surface area (Å²) >= 11 is 12.0. The van der Waals surface area contributed by atoms with Gasteiger partial charge in [-0.15, -0.1) is 23.2 Å². The molecule has 17 heavy (non-hydrogen) atoms. The molecule has 2 saturated heterocycles. The summed E-state index contributed by atoms with van der Waals surface area (Å²) in [6.07, 6.45) is 4.20. The number of halogens is 2. The van der Waals surface area contributed by atoms with Crippen molar-refractivity contribution in [1.29, 1.82) is 0 Å². The summed E-state index contributed by atoms with van der Waals surface area (Å²) < 4.78 is -0.783. The minimum absolute atomic E-state index is 0.159. The fourth-order valence-electron chi connectivity index (χ4n) is 3.21. The minimum Gasteiger partial charge on any atom is -0.341 e. The van der Waals surface area contributed by atoms with Crippen molar-refractivity contribution in [2.75, 3.05) is 20.1 Å². The number of hydrogen-bond acceptors (Lipinski definition) is 2. The summed E-state index contributed by atoms with van der Waals surface area (Å²) in [6, 6.07) is 1.19. The third kappa shape index (κ3) is 2.06. The van der Waals surface area contributed by atoms with Gasteiger partial charge in [0.2, 0.25) is 5.91 Å². The van der Waals surface area contributed by atoms with Gasteiger partial charge in [0.15, 0.2) is 0 Å². The predicted octanol–water partition coefficient (Wildman–Crippen LogP) is 1.88. The Balaban J connectivity index is 1.67. The van der Waals surface area contributed by atoms with E-state index in [0.717, 1.165) is 19.5 Å². The molecule has 2 aliphatic heterocycles. The third-order valence-corrected chi connectivity index (χ3v) is 5.42. The highest BCUT2D eigenvalue weighted by Gasteiger charge is 2.57. The van der Waals surface area contributed by atoms with Gasteiger partial charge >= 0.3 is 0 Å². The van der Waals surface area contributed by atoms with Gasteiger partial charge in [0.1, 0.15) is 4.33 Å². The molecule has 96 valence electrons. The maximum absolute atomic E-state index is 12.3. The maximum atomic E-state index is 12.3. The van der Waals surface area contributed by atoms with E-state index in [9.17, 15) is 4.79 Å². The van der Waals surface area contributed by atoms with Crippen LogP contribution in [-0.4, -0.2) is 52.3 Å². The molecule has 1 aliphatic carbocycles. The first-order chi connectivity index (χ1) is 7.99. The molecule has 2 bridgehead atoms. The predicted molar refractivity (Wildman–Crippen MR) is 68.3 cm³/mol. The van der Waals surface area contributed by atoms with Crippen LogP contribution in [0, 0.1) is 5.92 Å². The number of fused-ring (bicyclic) bond motifs is 2. The van der Waals surface area contributed by atoms with E-state index in [2.05, 4.69) is 11.9 Å². The van der Waals surface area contributed by atoms with E-state index >= 15 is 0 Å². The molecule has 0 aromatic rings. The molecule has 3 aliphatic rings. The van der Waals surface area contributed by atoms with E-state index in [0.29, 0.717) is 18.5 Å². The number of carbonyl (C=O) groups is 1. The van der Waals surface area contributed by atoms with E-state index in [1.165, 1.54) is 12.8 Å². The van der Waals surface area contributed by atoms with Crippen LogP contribution in [0.2, 0.25) is 0 Å². The Kier molecular flexibility index (Phi) is 2.84. The van der Waals surface area contributed by atoms with Crippen LogP contribution < -0.4 is 0 Å². The quantitative estimate of drug-likeness (QED) is 0.683. The zero-order chi connectivity index (χ0) is 12.2. The molecule has 0 aromatic heterocycles. The van der Waals surface area contributed by atoms with E-state index < -0.39 is 4.33 Å². The number of amides is 1. The number of hydrogen-bond donors (Lipinski definition) is 0. The van der Waals surface area contributed by atoms with Crippen LogP contribution in [-0.2, 0) is 4.79 Å². The molecule has 3 rings (SSSR count). The molecule has 0 spiro atoms. The molecule has 0 radical (unpaired) electrons. The zero-order valence-corrected chi connectivity index (χ0v) is 11.5. The number of carbonyl (C=O) groups excluding carboxylic acids is 1. The van der Waals surface area contributed by atoms with Crippen molar-refractivity contribution in [3.05, 3.63) is 0 Å². The lowest BCUT2D eigenvalue weighted by molar-refractivity contribution is -0.132. The molecule has 0 aromatic carbocycles. The van der Waals surface area contributed by atoms with Crippen LogP contribution in [0.5, 0.6) is 0 Å². The van der Waals surface area contributed by atoms with Gasteiger partial charge in [-0.2, -0.15) is 0 Å². The monoisotopic (exact) mass is 276 g/mol. The second kappa shape index (κ2) is 4.01. The summed E-state index contributed by atoms with van der Waals surface area (Å²) in [6.45, 7) is 1.72. The Labute approximate surface area is 112 Å². The smallest absolute Gasteiger partial charge is 0.228 e. The summed E-state index contributed by atoms with van der Waals surface area (Å²) in [5.41, 5.74) is 0. The number of alkyl halides is 2. The molecule has 3 nitrogen and oxygen atoms in total. The zero-order valence-electron chi connectivity index (χ0n) is 10.0. The molecule has 0 unspecified atom stereocenters. The Bertz CT molecular complexity index is 347. The Morgan fingerprint density at radius 1 is 1.24 bits per heavy atom. The highest BCUT2D eigenvalue weighted by molar-refractivity contribution is 6.52. The summed E-state index contributed by atoms with van der Waals surface area (Å²) in [5.74, 6) is 0.00344. The number of likely N-dealkylation sites (N-methyl/N-ethyl adjacent to an activating group) is 1. The molecule has 3 fully saturated rings. The van der Waals surface area contributed by atoms with Crippen LogP contribution in [0.4, 0.5) is 0 Å². The number of likely N-dealkylation sites (tertiary alicyclic amines) is 1. The first kappa shape index (κ1) is 12.1. The van der Waals surface area contributed by atoms with Gasteiger partial charge in [-0.1, -0.05) is 0 Å². The fourth-order valence-corrected chi connectivity index (χ4v) is 3.71. The lowest BCUT2D eigenvalue weighted by Crippen LogP contribution is -2.41. The lowest BCUT2D eigenvalue weighted by atomic mass is 10.1. The standard InChI is InChI=1S/C12H18Cl2N2O/c1-15-8-2-3-9(15)7-16(5-4-8)11(17)10-6-12(10,13)14/h8-10H,2-7H2,1H3/t8-,9-,10+/m0/s1. The molecular formula is C12H18Cl2N2O. The maximum Gasteiger partial charge on any atom is 0.228 e. The van der Waals surface area contributed by atoms with Crippen molar-refractivity contribution < 1.29 is 4.79 Å². The molecule has 5 heteroatoms. The van der Waals surface area contributed by atoms with Crippen LogP contribution in [0.3, 0.4) is 0 Å². The largest absolute Gasteiger partial charge is 0.341 e. The van der Waals surface area contributed by atoms with Crippen molar-refractivity contribution in [2.45, 2.75) is 42.1 Å². The Hall–Kier alpha value is 0.01000. The van der Waals surface area contributed by atoms with Crippen LogP contribution in [0.1, 0.15) is 25.7 Å². The van der Waals surface area contributed by atoms with Gasteiger partial charge in [-0.3, -0.25) is 9.69 Å². The Morgan fingerprint density at radius 2 is 1.88 bits per heavy atom. The topological polar surface area (TPSA) is 23.6 Å². The van der Waals surface area contributed by atoms with Gasteiger partial charge in [-0.25, -0.2) is 0 Å². The van der Waals surface area contributed by atoms with Crippen LogP contribution in [0.15, 0.2) is 0 Å². The van der Waals surface area contributed by atoms with E-state index in [1.807, 2.05) is 4.90 Å². The third-order valence-electron chi connectivity index (χ3n) is 4.58. The minimum atomic E-state index is -0.783. The van der Waals surface area contributed by atoms with Crippen LogP contribution >= 0.6 is 23.2 Å². The highest BCUT2D eigenvalue weighted by atomic mass is 35.5. The number of rotatable bonds is 1. The fraction of sp³-hybridized carbons (Fsp3) is 0.917. The van der Waals surface area contributed by atoms with Gasteiger partial charge in [-0.05, 0) is 32.7 Å². The first-order valence-corrected chi connectivity index (χ1v) is 7.13. The SMILES string of the molecule is CN1[C@H]2CC[C@H]1CN(C(=O)[C@H]1CC1(Cl)Cl)CC2. The van der Waals surface area contributed by atoms with Gasteiger partial charge < -0.3 is 4.90 Å². The molecule has 3 atom stereocenters. The van der Waals surface area contributed by atoms with E-state index in [-0.39, 0.29) is 11.8 Å². The summed E-state index contributed by atoms with van der Waals surface area (Å²) in [4.78, 5) is 16.7.